The molecule has 0 spiro atoms. The van der Waals surface area contributed by atoms with Crippen molar-refractivity contribution >= 4 is 23.2 Å². The highest BCUT2D eigenvalue weighted by molar-refractivity contribution is 6.10. The monoisotopic (exact) mass is 451 g/mol. The van der Waals surface area contributed by atoms with Crippen LogP contribution in [0.15, 0.2) is 36.4 Å². The second-order valence-electron chi connectivity index (χ2n) is 6.88. The Morgan fingerprint density at radius 2 is 1.94 bits per heavy atom. The predicted molar refractivity (Wildman–Crippen MR) is 108 cm³/mol. The van der Waals surface area contributed by atoms with Crippen LogP contribution in [0.2, 0.25) is 0 Å². The normalized spacial score (nSPS) is 14.9. The molecule has 1 atom stereocenters. The van der Waals surface area contributed by atoms with Crippen LogP contribution in [0.5, 0.6) is 17.2 Å². The molecule has 10 nitrogen and oxygen atoms in total. The van der Waals surface area contributed by atoms with Crippen molar-refractivity contribution in [3.63, 3.8) is 0 Å². The fourth-order valence-corrected chi connectivity index (χ4v) is 3.21. The average molecular weight is 451 g/mol. The Hall–Kier alpha value is -3.96. The Bertz CT molecular complexity index is 1060. The smallest absolute Gasteiger partial charge is 0.387 e. The van der Waals surface area contributed by atoms with E-state index in [1.807, 2.05) is 0 Å². The van der Waals surface area contributed by atoms with Crippen LogP contribution in [0.25, 0.3) is 0 Å². The summed E-state index contributed by atoms with van der Waals surface area (Å²) >= 11 is 0. The predicted octanol–water partition coefficient (Wildman–Crippen LogP) is 2.70. The summed E-state index contributed by atoms with van der Waals surface area (Å²) in [4.78, 5) is 39.1. The molecule has 12 heteroatoms. The van der Waals surface area contributed by atoms with Crippen molar-refractivity contribution in [1.29, 1.82) is 0 Å². The summed E-state index contributed by atoms with van der Waals surface area (Å²) in [6, 6.07) is 8.05. The van der Waals surface area contributed by atoms with Crippen LogP contribution >= 0.6 is 0 Å². The molecule has 32 heavy (non-hydrogen) atoms. The fraction of sp³-hybridized carbons (Fsp3) is 0.300. The van der Waals surface area contributed by atoms with Crippen molar-refractivity contribution in [2.24, 2.45) is 0 Å². The van der Waals surface area contributed by atoms with E-state index >= 15 is 0 Å². The van der Waals surface area contributed by atoms with Crippen LogP contribution < -0.4 is 19.1 Å². The highest BCUT2D eigenvalue weighted by Gasteiger charge is 2.37. The van der Waals surface area contributed by atoms with Gasteiger partial charge in [-0.05, 0) is 12.1 Å². The van der Waals surface area contributed by atoms with Gasteiger partial charge in [-0.15, -0.1) is 0 Å². The number of fused-ring (bicyclic) bond motifs is 1. The number of nitro benzene ring substituents is 1. The molecule has 2 amide bonds. The summed E-state index contributed by atoms with van der Waals surface area (Å²) in [5.74, 6) is -1.90. The Balaban J connectivity index is 2.10. The number of anilines is 1. The lowest BCUT2D eigenvalue weighted by Gasteiger charge is -2.35. The highest BCUT2D eigenvalue weighted by atomic mass is 19.3. The van der Waals surface area contributed by atoms with Crippen LogP contribution in [-0.2, 0) is 4.79 Å². The maximum atomic E-state index is 13.4. The molecule has 0 fully saturated rings. The molecular weight excluding hydrogens is 432 g/mol. The number of likely N-dealkylation sites (N-methyl/N-ethyl adjacent to an activating group) is 1. The van der Waals surface area contributed by atoms with E-state index in [9.17, 15) is 28.5 Å². The first-order valence-corrected chi connectivity index (χ1v) is 9.24. The Morgan fingerprint density at radius 1 is 1.25 bits per heavy atom. The van der Waals surface area contributed by atoms with Crippen molar-refractivity contribution in [2.75, 3.05) is 32.6 Å². The minimum atomic E-state index is -3.26. The molecule has 0 aliphatic carbocycles. The number of benzene rings is 2. The third-order valence-electron chi connectivity index (χ3n) is 4.66. The number of hydrogen-bond acceptors (Lipinski definition) is 7. The van der Waals surface area contributed by atoms with Gasteiger partial charge in [0.15, 0.2) is 17.6 Å². The number of hydrogen-bond donors (Lipinski definition) is 0. The van der Waals surface area contributed by atoms with E-state index in [1.54, 1.807) is 24.3 Å². The fourth-order valence-electron chi connectivity index (χ4n) is 3.21. The lowest BCUT2D eigenvalue weighted by molar-refractivity contribution is -0.385. The molecule has 170 valence electrons. The van der Waals surface area contributed by atoms with Gasteiger partial charge < -0.3 is 24.0 Å². The molecule has 2 aromatic rings. The number of para-hydroxylation sites is 2. The molecule has 1 aliphatic rings. The molecule has 0 saturated heterocycles. The minimum absolute atomic E-state index is 0.221. The molecule has 0 N–H and O–H groups in total. The van der Waals surface area contributed by atoms with Gasteiger partial charge in [-0.3, -0.25) is 19.7 Å². The SMILES string of the molecule is COc1cc(C(=O)N2C[C@@H](C(=O)N(C)C)Oc3ccccc32)c([N+](=O)[O-])cc1OC(F)F. The third kappa shape index (κ3) is 4.38. The zero-order valence-corrected chi connectivity index (χ0v) is 17.3. The van der Waals surface area contributed by atoms with Crippen molar-refractivity contribution in [3.8, 4) is 17.2 Å². The minimum Gasteiger partial charge on any atom is -0.493 e. The third-order valence-corrected chi connectivity index (χ3v) is 4.66. The molecule has 3 rings (SSSR count). The number of carbonyl (C=O) groups is 2. The van der Waals surface area contributed by atoms with E-state index in [0.29, 0.717) is 11.8 Å². The molecule has 0 aromatic heterocycles. The Kier molecular flexibility index (Phi) is 6.42. The van der Waals surface area contributed by atoms with Crippen LogP contribution in [0, 0.1) is 10.1 Å². The summed E-state index contributed by atoms with van der Waals surface area (Å²) in [7, 11) is 4.19. The molecule has 1 aliphatic heterocycles. The van der Waals surface area contributed by atoms with Crippen LogP contribution in [0.3, 0.4) is 0 Å². The summed E-state index contributed by atoms with van der Waals surface area (Å²) in [5.41, 5.74) is -0.895. The van der Waals surface area contributed by atoms with Crippen molar-refractivity contribution in [2.45, 2.75) is 12.7 Å². The van der Waals surface area contributed by atoms with Gasteiger partial charge in [-0.2, -0.15) is 8.78 Å². The Morgan fingerprint density at radius 3 is 2.53 bits per heavy atom. The standard InChI is InChI=1S/C20H19F2N3O7/c1-23(2)19(27)17-10-24(12-6-4-5-7-14(12)31-17)18(26)11-8-15(30-3)16(32-20(21)22)9-13(11)25(28)29/h4-9,17,20H,10H2,1-3H3/t17-/m0/s1. The zero-order chi connectivity index (χ0) is 23.6. The number of rotatable bonds is 6. The zero-order valence-electron chi connectivity index (χ0n) is 17.3. The average Bonchev–Trinajstić information content (AvgIpc) is 2.76. The first-order valence-electron chi connectivity index (χ1n) is 9.24. The van der Waals surface area contributed by atoms with Gasteiger partial charge in [0.25, 0.3) is 17.5 Å². The molecule has 2 aromatic carbocycles. The maximum Gasteiger partial charge on any atom is 0.387 e. The number of methoxy groups -OCH3 is 1. The van der Waals surface area contributed by atoms with Gasteiger partial charge >= 0.3 is 6.61 Å². The number of nitrogens with zero attached hydrogens (tertiary/aromatic N) is 3. The van der Waals surface area contributed by atoms with E-state index in [2.05, 4.69) is 4.74 Å². The first-order chi connectivity index (χ1) is 15.1. The van der Waals surface area contributed by atoms with Gasteiger partial charge in [-0.1, -0.05) is 12.1 Å². The second kappa shape index (κ2) is 9.04. The van der Waals surface area contributed by atoms with Gasteiger partial charge in [0.2, 0.25) is 0 Å². The number of halogens is 2. The van der Waals surface area contributed by atoms with Crippen LogP contribution in [0.1, 0.15) is 10.4 Å². The summed E-state index contributed by atoms with van der Waals surface area (Å²) in [6.45, 7) is -3.48. The summed E-state index contributed by atoms with van der Waals surface area (Å²) in [5, 5.41) is 11.6. The summed E-state index contributed by atoms with van der Waals surface area (Å²) in [6.07, 6.45) is -1.05. The second-order valence-corrected chi connectivity index (χ2v) is 6.88. The van der Waals surface area contributed by atoms with Crippen LogP contribution in [-0.4, -0.2) is 62.1 Å². The van der Waals surface area contributed by atoms with Gasteiger partial charge in [0.1, 0.15) is 11.3 Å². The van der Waals surface area contributed by atoms with Gasteiger partial charge in [0.05, 0.1) is 30.3 Å². The number of carbonyl (C=O) groups excluding carboxylic acids is 2. The number of amides is 2. The molecule has 0 saturated carbocycles. The topological polar surface area (TPSA) is 111 Å². The van der Waals surface area contributed by atoms with E-state index in [0.717, 1.165) is 13.2 Å². The lowest BCUT2D eigenvalue weighted by atomic mass is 10.1. The maximum absolute atomic E-state index is 13.4. The first kappa shape index (κ1) is 22.7. The Labute approximate surface area is 181 Å². The molecule has 0 unspecified atom stereocenters. The van der Waals surface area contributed by atoms with Crippen LogP contribution in [0.4, 0.5) is 20.2 Å². The van der Waals surface area contributed by atoms with Crippen molar-refractivity contribution in [1.82, 2.24) is 4.90 Å². The number of alkyl halides is 2. The van der Waals surface area contributed by atoms with Crippen molar-refractivity contribution in [3.05, 3.63) is 52.1 Å². The number of ether oxygens (including phenoxy) is 3. The summed E-state index contributed by atoms with van der Waals surface area (Å²) < 4.78 is 40.4. The van der Waals surface area contributed by atoms with Gasteiger partial charge in [-0.25, -0.2) is 0 Å². The van der Waals surface area contributed by atoms with E-state index in [4.69, 9.17) is 9.47 Å². The van der Waals surface area contributed by atoms with Crippen molar-refractivity contribution < 1.29 is 37.5 Å². The number of nitro groups is 1. The molecule has 1 heterocycles. The highest BCUT2D eigenvalue weighted by Crippen LogP contribution is 2.39. The quantitative estimate of drug-likeness (QED) is 0.490. The molecule has 0 radical (unpaired) electrons. The largest absolute Gasteiger partial charge is 0.493 e. The van der Waals surface area contributed by atoms with Gasteiger partial charge in [0, 0.05) is 20.2 Å². The van der Waals surface area contributed by atoms with E-state index in [-0.39, 0.29) is 18.0 Å². The molecular formula is C20H19F2N3O7. The molecule has 0 bridgehead atoms. The lowest BCUT2D eigenvalue weighted by Crippen LogP contribution is -2.50. The van der Waals surface area contributed by atoms with E-state index < -0.39 is 46.5 Å². The van der Waals surface area contributed by atoms with E-state index in [1.165, 1.54) is 23.9 Å².